The lowest BCUT2D eigenvalue weighted by Gasteiger charge is -2.23. The third-order valence-electron chi connectivity index (χ3n) is 2.71. The molecule has 0 spiro atoms. The van der Waals surface area contributed by atoms with E-state index in [4.69, 9.17) is 10.5 Å². The first-order valence-corrected chi connectivity index (χ1v) is 7.17. The topological polar surface area (TPSA) is 72.6 Å². The molecule has 0 aliphatic rings. The van der Waals surface area contributed by atoms with Crippen LogP contribution in [0.3, 0.4) is 0 Å². The molecule has 0 aromatic rings. The monoisotopic (exact) mass is 298 g/mol. The van der Waals surface area contributed by atoms with Crippen molar-refractivity contribution in [2.24, 2.45) is 5.73 Å². The SMILES string of the molecule is C=C(C)C(N)=O.C=C(CCCC)C(=O)OC(CC)N(C)C. The Bertz CT molecular complexity index is 351. The van der Waals surface area contributed by atoms with Gasteiger partial charge in [0.15, 0.2) is 6.23 Å². The maximum atomic E-state index is 11.6. The van der Waals surface area contributed by atoms with Gasteiger partial charge in [-0.2, -0.15) is 0 Å². The summed E-state index contributed by atoms with van der Waals surface area (Å²) in [5, 5.41) is 0. The Morgan fingerprint density at radius 2 is 1.71 bits per heavy atom. The molecular formula is C16H30N2O3. The van der Waals surface area contributed by atoms with Crippen LogP contribution in [0.5, 0.6) is 0 Å². The number of unbranched alkanes of at least 4 members (excludes halogenated alkanes) is 1. The summed E-state index contributed by atoms with van der Waals surface area (Å²) in [6, 6.07) is 0. The first-order valence-electron chi connectivity index (χ1n) is 7.17. The fourth-order valence-electron chi connectivity index (χ4n) is 1.25. The normalized spacial score (nSPS) is 11.1. The number of nitrogens with two attached hydrogens (primary N) is 1. The molecule has 0 saturated carbocycles. The number of hydrogen-bond donors (Lipinski definition) is 1. The van der Waals surface area contributed by atoms with Crippen LogP contribution in [-0.2, 0) is 14.3 Å². The standard InChI is InChI=1S/C12H23NO2.C4H7NO/c1-6-8-9-10(3)12(14)15-11(7-2)13(4)5;1-3(2)4(5)6/h11H,3,6-9H2,1-2,4-5H3;1H2,2H3,(H2,5,6). The predicted octanol–water partition coefficient (Wildman–Crippen LogP) is 2.62. The highest BCUT2D eigenvalue weighted by molar-refractivity contribution is 5.90. The minimum Gasteiger partial charge on any atom is -0.443 e. The van der Waals surface area contributed by atoms with Gasteiger partial charge in [0.05, 0.1) is 0 Å². The highest BCUT2D eigenvalue weighted by Gasteiger charge is 2.16. The van der Waals surface area contributed by atoms with Crippen LogP contribution in [0.15, 0.2) is 24.3 Å². The van der Waals surface area contributed by atoms with Gasteiger partial charge < -0.3 is 10.5 Å². The van der Waals surface area contributed by atoms with E-state index in [9.17, 15) is 9.59 Å². The second-order valence-corrected chi connectivity index (χ2v) is 5.08. The fourth-order valence-corrected chi connectivity index (χ4v) is 1.25. The van der Waals surface area contributed by atoms with Gasteiger partial charge in [0.25, 0.3) is 0 Å². The number of primary amides is 1. The lowest BCUT2D eigenvalue weighted by atomic mass is 10.1. The summed E-state index contributed by atoms with van der Waals surface area (Å²) in [5.41, 5.74) is 5.68. The van der Waals surface area contributed by atoms with Crippen LogP contribution < -0.4 is 5.73 Å². The zero-order valence-electron chi connectivity index (χ0n) is 14.1. The molecular weight excluding hydrogens is 268 g/mol. The van der Waals surface area contributed by atoms with Crippen LogP contribution >= 0.6 is 0 Å². The predicted molar refractivity (Wildman–Crippen MR) is 86.5 cm³/mol. The molecule has 1 amide bonds. The quantitative estimate of drug-likeness (QED) is 0.425. The molecule has 0 aromatic carbocycles. The number of ether oxygens (including phenoxy) is 1. The summed E-state index contributed by atoms with van der Waals surface area (Å²) in [7, 11) is 3.80. The Balaban J connectivity index is 0. The van der Waals surface area contributed by atoms with E-state index in [0.717, 1.165) is 25.7 Å². The van der Waals surface area contributed by atoms with Crippen molar-refractivity contribution in [3.63, 3.8) is 0 Å². The van der Waals surface area contributed by atoms with Gasteiger partial charge in [-0.1, -0.05) is 33.4 Å². The van der Waals surface area contributed by atoms with Crippen LogP contribution in [0.25, 0.3) is 0 Å². The Hall–Kier alpha value is -1.62. The molecule has 122 valence electrons. The maximum Gasteiger partial charge on any atom is 0.334 e. The van der Waals surface area contributed by atoms with Crippen LogP contribution in [0.1, 0.15) is 46.5 Å². The van der Waals surface area contributed by atoms with Gasteiger partial charge in [0.2, 0.25) is 5.91 Å². The molecule has 0 rings (SSSR count). The van der Waals surface area contributed by atoms with E-state index in [1.807, 2.05) is 25.9 Å². The lowest BCUT2D eigenvalue weighted by molar-refractivity contribution is -0.152. The lowest BCUT2D eigenvalue weighted by Crippen LogP contribution is -2.32. The fraction of sp³-hybridized carbons (Fsp3) is 0.625. The molecule has 21 heavy (non-hydrogen) atoms. The number of esters is 1. The van der Waals surface area contributed by atoms with Gasteiger partial charge in [0, 0.05) is 11.1 Å². The summed E-state index contributed by atoms with van der Waals surface area (Å²) < 4.78 is 5.31. The number of rotatable bonds is 8. The van der Waals surface area contributed by atoms with E-state index in [0.29, 0.717) is 11.1 Å². The number of hydrogen-bond acceptors (Lipinski definition) is 4. The van der Waals surface area contributed by atoms with Gasteiger partial charge >= 0.3 is 5.97 Å². The van der Waals surface area contributed by atoms with E-state index in [2.05, 4.69) is 20.1 Å². The maximum absolute atomic E-state index is 11.6. The highest BCUT2D eigenvalue weighted by Crippen LogP contribution is 2.10. The molecule has 0 fully saturated rings. The van der Waals surface area contributed by atoms with Crippen molar-refractivity contribution < 1.29 is 14.3 Å². The first-order chi connectivity index (χ1) is 9.67. The third-order valence-corrected chi connectivity index (χ3v) is 2.71. The summed E-state index contributed by atoms with van der Waals surface area (Å²) in [6.07, 6.45) is 3.44. The van der Waals surface area contributed by atoms with Crippen molar-refractivity contribution in [3.05, 3.63) is 24.3 Å². The van der Waals surface area contributed by atoms with Crippen molar-refractivity contribution >= 4 is 11.9 Å². The third kappa shape index (κ3) is 11.9. The summed E-state index contributed by atoms with van der Waals surface area (Å²) in [5.74, 6) is -0.695. The molecule has 0 aromatic heterocycles. The van der Waals surface area contributed by atoms with Gasteiger partial charge in [-0.15, -0.1) is 0 Å². The summed E-state index contributed by atoms with van der Waals surface area (Å²) >= 11 is 0. The molecule has 2 N–H and O–H groups in total. The minimum atomic E-state index is -0.435. The van der Waals surface area contributed by atoms with Crippen molar-refractivity contribution in [1.82, 2.24) is 4.90 Å². The van der Waals surface area contributed by atoms with Crippen molar-refractivity contribution in [1.29, 1.82) is 0 Å². The average molecular weight is 298 g/mol. The molecule has 1 atom stereocenters. The Morgan fingerprint density at radius 1 is 1.24 bits per heavy atom. The van der Waals surface area contributed by atoms with E-state index in [1.54, 1.807) is 6.92 Å². The Morgan fingerprint density at radius 3 is 2.00 bits per heavy atom. The Labute approximate surface area is 128 Å². The Kier molecular flexibility index (Phi) is 12.5. The zero-order valence-corrected chi connectivity index (χ0v) is 14.1. The summed E-state index contributed by atoms with van der Waals surface area (Å²) in [6.45, 7) is 12.7. The molecule has 1 unspecified atom stereocenters. The van der Waals surface area contributed by atoms with Crippen molar-refractivity contribution in [3.8, 4) is 0 Å². The second-order valence-electron chi connectivity index (χ2n) is 5.08. The van der Waals surface area contributed by atoms with Crippen molar-refractivity contribution in [2.75, 3.05) is 14.1 Å². The second kappa shape index (κ2) is 12.1. The van der Waals surface area contributed by atoms with Gasteiger partial charge in [-0.05, 0) is 40.3 Å². The molecule has 0 aliphatic heterocycles. The molecule has 5 nitrogen and oxygen atoms in total. The van der Waals surface area contributed by atoms with Crippen LogP contribution in [0.2, 0.25) is 0 Å². The van der Waals surface area contributed by atoms with Gasteiger partial charge in [0.1, 0.15) is 0 Å². The van der Waals surface area contributed by atoms with E-state index in [-0.39, 0.29) is 12.2 Å². The number of amides is 1. The molecule has 0 bridgehead atoms. The minimum absolute atomic E-state index is 0.143. The van der Waals surface area contributed by atoms with Crippen LogP contribution in [-0.4, -0.2) is 37.1 Å². The molecule has 0 radical (unpaired) electrons. The molecule has 5 heteroatoms. The highest BCUT2D eigenvalue weighted by atomic mass is 16.6. The van der Waals surface area contributed by atoms with E-state index < -0.39 is 5.91 Å². The van der Waals surface area contributed by atoms with Crippen LogP contribution in [0, 0.1) is 0 Å². The largest absolute Gasteiger partial charge is 0.443 e. The molecule has 0 saturated heterocycles. The number of carbonyl (C=O) groups excluding carboxylic acids is 2. The molecule has 0 heterocycles. The van der Waals surface area contributed by atoms with Gasteiger partial charge in [-0.3, -0.25) is 9.69 Å². The molecule has 0 aliphatic carbocycles. The first kappa shape index (κ1) is 21.7. The number of carbonyl (C=O) groups is 2. The smallest absolute Gasteiger partial charge is 0.334 e. The average Bonchev–Trinajstić information content (AvgIpc) is 2.41. The van der Waals surface area contributed by atoms with Crippen LogP contribution in [0.4, 0.5) is 0 Å². The number of nitrogens with zero attached hydrogens (tertiary/aromatic N) is 1. The van der Waals surface area contributed by atoms with Crippen molar-refractivity contribution in [2.45, 2.75) is 52.7 Å². The van der Waals surface area contributed by atoms with Gasteiger partial charge in [-0.25, -0.2) is 4.79 Å². The summed E-state index contributed by atoms with van der Waals surface area (Å²) in [4.78, 5) is 23.3. The van der Waals surface area contributed by atoms with E-state index in [1.165, 1.54) is 0 Å². The zero-order chi connectivity index (χ0) is 17.0. The van der Waals surface area contributed by atoms with E-state index >= 15 is 0 Å².